The van der Waals surface area contributed by atoms with Crippen molar-refractivity contribution in [1.29, 1.82) is 0 Å². The van der Waals surface area contributed by atoms with Crippen molar-refractivity contribution in [2.75, 3.05) is 5.32 Å². The topological polar surface area (TPSA) is 80.0 Å². The van der Waals surface area contributed by atoms with E-state index in [1.54, 1.807) is 18.5 Å². The molecule has 0 aromatic carbocycles. The minimum Gasteiger partial charge on any atom is -0.393 e. The molecule has 2 atom stereocenters. The Bertz CT molecular complexity index is 1230. The number of carbonyl (C=O) groups excluding carboxylic acids is 1. The van der Waals surface area contributed by atoms with Gasteiger partial charge in [0.15, 0.2) is 0 Å². The molecule has 6 nitrogen and oxygen atoms in total. The number of allylic oxidation sites excluding steroid dienone is 6. The first kappa shape index (κ1) is 31.8. The van der Waals surface area contributed by atoms with E-state index >= 15 is 0 Å². The van der Waals surface area contributed by atoms with Crippen molar-refractivity contribution in [2.24, 2.45) is 5.92 Å². The zero-order valence-corrected chi connectivity index (χ0v) is 24.1. The van der Waals surface area contributed by atoms with Gasteiger partial charge in [0.2, 0.25) is 5.91 Å². The molecule has 1 aliphatic rings. The summed E-state index contributed by atoms with van der Waals surface area (Å²) in [4.78, 5) is 16.4. The van der Waals surface area contributed by atoms with Gasteiger partial charge in [0, 0.05) is 30.6 Å². The average Bonchev–Trinajstić information content (AvgIpc) is 3.28. The molecule has 39 heavy (non-hydrogen) atoms. The quantitative estimate of drug-likeness (QED) is 0.288. The van der Waals surface area contributed by atoms with Crippen LogP contribution in [-0.4, -0.2) is 37.8 Å². The maximum Gasteiger partial charge on any atom is 0.260 e. The summed E-state index contributed by atoms with van der Waals surface area (Å²) in [5.41, 5.74) is 5.49. The highest BCUT2D eigenvalue weighted by molar-refractivity contribution is 5.94. The third-order valence-corrected chi connectivity index (χ3v) is 6.44. The number of carbonyl (C=O) groups is 1. The minimum atomic E-state index is -2.92. The molecule has 3 rings (SSSR count). The Labute approximate surface area is 231 Å². The van der Waals surface area contributed by atoms with Crippen LogP contribution in [0.4, 0.5) is 14.6 Å². The molecule has 0 bridgehead atoms. The summed E-state index contributed by atoms with van der Waals surface area (Å²) >= 11 is 0. The van der Waals surface area contributed by atoms with Crippen molar-refractivity contribution in [3.63, 3.8) is 0 Å². The van der Waals surface area contributed by atoms with E-state index in [0.717, 1.165) is 40.0 Å². The summed E-state index contributed by atoms with van der Waals surface area (Å²) in [5.74, 6) is -4.67. The lowest BCUT2D eigenvalue weighted by atomic mass is 9.92. The van der Waals surface area contributed by atoms with E-state index in [1.165, 1.54) is 0 Å². The van der Waals surface area contributed by atoms with Crippen LogP contribution in [0.2, 0.25) is 0 Å². The molecule has 1 saturated carbocycles. The fourth-order valence-corrected chi connectivity index (χ4v) is 4.06. The number of aromatic nitrogens is 3. The summed E-state index contributed by atoms with van der Waals surface area (Å²) in [6.07, 6.45) is 14.7. The standard InChI is InChI=1S/C29H36F2N4O2.C2H6/c1-6-10-26(35-14-9-13-33-35)24(23(8-3)19(4)11-12-22(36)7-2)16-21-18-32-27(15-20(21)5)34-28(37)25-17-29(25,30)31;1-2/h8-11,13-16,18,22,25,36H,6-7,12,17H2,1-5H3,(H,32,34,37);1-2H3/b19-11-,23-8+,24-16-,26-10-;. The van der Waals surface area contributed by atoms with Gasteiger partial charge in [0.1, 0.15) is 11.7 Å². The molecule has 2 N–H and O–H groups in total. The molecule has 2 aromatic heterocycles. The second-order valence-electron chi connectivity index (χ2n) is 9.33. The Balaban J connectivity index is 0.00000260. The lowest BCUT2D eigenvalue weighted by Crippen LogP contribution is -2.18. The van der Waals surface area contributed by atoms with Crippen LogP contribution in [0.25, 0.3) is 11.8 Å². The van der Waals surface area contributed by atoms with Crippen molar-refractivity contribution >= 4 is 23.5 Å². The molecule has 0 spiro atoms. The molecule has 8 heteroatoms. The second kappa shape index (κ2) is 14.7. The highest BCUT2D eigenvalue weighted by Crippen LogP contribution is 2.49. The molecule has 0 radical (unpaired) electrons. The summed E-state index contributed by atoms with van der Waals surface area (Å²) in [5, 5.41) is 17.1. The molecule has 0 aliphatic heterocycles. The molecule has 212 valence electrons. The molecular weight excluding hydrogens is 498 g/mol. The highest BCUT2D eigenvalue weighted by atomic mass is 19.3. The van der Waals surface area contributed by atoms with Crippen LogP contribution in [0.5, 0.6) is 0 Å². The number of hydrogen-bond acceptors (Lipinski definition) is 4. The van der Waals surface area contributed by atoms with E-state index in [2.05, 4.69) is 28.4 Å². The van der Waals surface area contributed by atoms with Crippen molar-refractivity contribution in [3.8, 4) is 0 Å². The lowest BCUT2D eigenvalue weighted by molar-refractivity contribution is -0.119. The first-order chi connectivity index (χ1) is 18.6. The van der Waals surface area contributed by atoms with Gasteiger partial charge in [-0.1, -0.05) is 45.9 Å². The van der Waals surface area contributed by atoms with Gasteiger partial charge in [-0.05, 0) is 80.5 Å². The lowest BCUT2D eigenvalue weighted by Gasteiger charge is -2.18. The largest absolute Gasteiger partial charge is 0.393 e. The van der Waals surface area contributed by atoms with E-state index in [1.807, 2.05) is 76.7 Å². The summed E-state index contributed by atoms with van der Waals surface area (Å²) in [6.45, 7) is 13.9. The third kappa shape index (κ3) is 8.55. The van der Waals surface area contributed by atoms with Crippen LogP contribution in [0.3, 0.4) is 0 Å². The Morgan fingerprint density at radius 2 is 1.97 bits per heavy atom. The molecule has 1 fully saturated rings. The van der Waals surface area contributed by atoms with Crippen molar-refractivity contribution in [1.82, 2.24) is 14.8 Å². The molecule has 2 unspecified atom stereocenters. The number of nitrogens with one attached hydrogen (secondary N) is 1. The number of rotatable bonds is 11. The number of aliphatic hydroxyl groups is 1. The van der Waals surface area contributed by atoms with Gasteiger partial charge < -0.3 is 10.4 Å². The maximum absolute atomic E-state index is 13.3. The molecule has 1 aliphatic carbocycles. The Kier molecular flexibility index (Phi) is 12.0. The van der Waals surface area contributed by atoms with E-state index in [9.17, 15) is 18.7 Å². The molecule has 0 saturated heterocycles. The van der Waals surface area contributed by atoms with Crippen LogP contribution < -0.4 is 5.32 Å². The van der Waals surface area contributed by atoms with Crippen LogP contribution in [0.15, 0.2) is 65.7 Å². The van der Waals surface area contributed by atoms with Crippen LogP contribution in [-0.2, 0) is 4.79 Å². The van der Waals surface area contributed by atoms with Crippen molar-refractivity contribution in [2.45, 2.75) is 86.2 Å². The predicted octanol–water partition coefficient (Wildman–Crippen LogP) is 7.59. The molecule has 2 heterocycles. The number of nitrogens with zero attached hydrogens (tertiary/aromatic N) is 3. The third-order valence-electron chi connectivity index (χ3n) is 6.44. The maximum atomic E-state index is 13.3. The van der Waals surface area contributed by atoms with Gasteiger partial charge >= 0.3 is 0 Å². The zero-order chi connectivity index (χ0) is 29.2. The first-order valence-electron chi connectivity index (χ1n) is 13.7. The number of pyridine rings is 1. The summed E-state index contributed by atoms with van der Waals surface area (Å²) in [7, 11) is 0. The highest BCUT2D eigenvalue weighted by Gasteiger charge is 2.61. The van der Waals surface area contributed by atoms with Crippen molar-refractivity contribution in [3.05, 3.63) is 76.8 Å². The van der Waals surface area contributed by atoms with Gasteiger partial charge in [-0.25, -0.2) is 18.4 Å². The zero-order valence-electron chi connectivity index (χ0n) is 24.1. The van der Waals surface area contributed by atoms with E-state index in [4.69, 9.17) is 0 Å². The van der Waals surface area contributed by atoms with Gasteiger partial charge in [0.25, 0.3) is 5.92 Å². The Hall–Kier alpha value is -3.39. The number of hydrogen-bond donors (Lipinski definition) is 2. The Morgan fingerprint density at radius 1 is 1.28 bits per heavy atom. The van der Waals surface area contributed by atoms with E-state index in [0.29, 0.717) is 12.8 Å². The fourth-order valence-electron chi connectivity index (χ4n) is 4.06. The van der Waals surface area contributed by atoms with E-state index < -0.39 is 30.3 Å². The smallest absolute Gasteiger partial charge is 0.260 e. The van der Waals surface area contributed by atoms with Crippen LogP contribution in [0.1, 0.15) is 78.4 Å². The molecule has 1 amide bonds. The first-order valence-corrected chi connectivity index (χ1v) is 13.7. The Morgan fingerprint density at radius 3 is 2.49 bits per heavy atom. The van der Waals surface area contributed by atoms with Gasteiger partial charge in [-0.3, -0.25) is 4.79 Å². The molecular formula is C31H42F2N4O2. The monoisotopic (exact) mass is 540 g/mol. The second-order valence-corrected chi connectivity index (χ2v) is 9.33. The fraction of sp³-hybridized carbons (Fsp3) is 0.452. The average molecular weight is 541 g/mol. The summed E-state index contributed by atoms with van der Waals surface area (Å²) < 4.78 is 28.3. The number of anilines is 1. The van der Waals surface area contributed by atoms with Gasteiger partial charge in [-0.2, -0.15) is 5.10 Å². The number of alkyl halides is 2. The van der Waals surface area contributed by atoms with Crippen LogP contribution in [0, 0.1) is 12.8 Å². The van der Waals surface area contributed by atoms with Gasteiger partial charge in [0.05, 0.1) is 11.8 Å². The number of aryl methyl sites for hydroxylation is 1. The van der Waals surface area contributed by atoms with Gasteiger partial charge in [-0.15, -0.1) is 0 Å². The molecule has 2 aromatic rings. The number of aliphatic hydroxyl groups excluding tert-OH is 1. The van der Waals surface area contributed by atoms with Crippen LogP contribution >= 0.6 is 0 Å². The minimum absolute atomic E-state index is 0.246. The van der Waals surface area contributed by atoms with E-state index in [-0.39, 0.29) is 5.82 Å². The van der Waals surface area contributed by atoms with Crippen molar-refractivity contribution < 1.29 is 18.7 Å². The predicted molar refractivity (Wildman–Crippen MR) is 155 cm³/mol. The number of amides is 1. The SMILES string of the molecule is C/C=C(C(\C)=C/CC(O)CC)/C(=C/c1cnc(NC(=O)C2CC2(F)F)cc1C)C(=C/CC)/n1cccn1.CC. The number of halogens is 2. The normalized spacial score (nSPS) is 18.3. The summed E-state index contributed by atoms with van der Waals surface area (Å²) in [6, 6.07) is 3.55.